The number of anilines is 2. The van der Waals surface area contributed by atoms with Crippen molar-refractivity contribution in [2.45, 2.75) is 0 Å². The van der Waals surface area contributed by atoms with Crippen LogP contribution in [0.15, 0.2) is 65.1 Å². The number of hydrogen-bond acceptors (Lipinski definition) is 3. The van der Waals surface area contributed by atoms with Crippen molar-refractivity contribution in [1.82, 2.24) is 0 Å². The first-order chi connectivity index (χ1) is 14.9. The summed E-state index contributed by atoms with van der Waals surface area (Å²) in [5, 5.41) is 6.30. The summed E-state index contributed by atoms with van der Waals surface area (Å²) in [4.78, 5) is 24.8. The second-order valence-corrected chi connectivity index (χ2v) is 8.44. The van der Waals surface area contributed by atoms with Crippen molar-refractivity contribution < 1.29 is 14.3 Å². The van der Waals surface area contributed by atoms with Crippen LogP contribution in [0.25, 0.3) is 11.6 Å². The van der Waals surface area contributed by atoms with Crippen LogP contribution in [-0.4, -0.2) is 18.4 Å². The second kappa shape index (κ2) is 9.14. The molecule has 0 spiro atoms. The summed E-state index contributed by atoms with van der Waals surface area (Å²) in [5.74, 6) is -0.0782. The minimum Gasteiger partial charge on any atom is -0.483 e. The largest absolute Gasteiger partial charge is 0.483 e. The van der Waals surface area contributed by atoms with E-state index in [4.69, 9.17) is 27.9 Å². The van der Waals surface area contributed by atoms with Crippen LogP contribution in [0.1, 0.15) is 11.1 Å². The minimum atomic E-state index is -0.358. The summed E-state index contributed by atoms with van der Waals surface area (Å²) in [6, 6.07) is 17.6. The topological polar surface area (TPSA) is 67.4 Å². The van der Waals surface area contributed by atoms with Crippen molar-refractivity contribution in [3.63, 3.8) is 0 Å². The Morgan fingerprint density at radius 2 is 1.87 bits per heavy atom. The molecule has 156 valence electrons. The predicted octanol–water partition coefficient (Wildman–Crippen LogP) is 6.27. The number of para-hydroxylation sites is 1. The first-order valence-electron chi connectivity index (χ1n) is 9.20. The number of hydrogen-bond donors (Lipinski definition) is 2. The van der Waals surface area contributed by atoms with Crippen LogP contribution in [0.3, 0.4) is 0 Å². The fourth-order valence-corrected chi connectivity index (χ4v) is 3.79. The minimum absolute atomic E-state index is 0.190. The molecule has 1 heterocycles. The van der Waals surface area contributed by atoms with Gasteiger partial charge in [-0.2, -0.15) is 0 Å². The van der Waals surface area contributed by atoms with Gasteiger partial charge in [0, 0.05) is 32.5 Å². The number of carbonyl (C=O) groups is 2. The van der Waals surface area contributed by atoms with E-state index in [9.17, 15) is 9.59 Å². The normalized spacial score (nSPS) is 13.6. The highest BCUT2D eigenvalue weighted by Crippen LogP contribution is 2.35. The molecule has 0 bridgehead atoms. The maximum Gasteiger partial charge on any atom is 0.262 e. The van der Waals surface area contributed by atoms with Gasteiger partial charge in [0.1, 0.15) is 5.75 Å². The van der Waals surface area contributed by atoms with Crippen LogP contribution in [0, 0.1) is 0 Å². The summed E-state index contributed by atoms with van der Waals surface area (Å²) < 4.78 is 6.56. The maximum absolute atomic E-state index is 12.4. The molecule has 2 amide bonds. The van der Waals surface area contributed by atoms with E-state index < -0.39 is 0 Å². The molecule has 0 atom stereocenters. The lowest BCUT2D eigenvalue weighted by atomic mass is 10.0. The SMILES string of the molecule is O=C(COc1ccc(Br)cc1/C=C1\C(=O)Nc2ccccc21)Nc1ccc(Cl)c(Cl)c1. The Bertz CT molecular complexity index is 1230. The molecule has 0 saturated carbocycles. The third kappa shape index (κ3) is 4.93. The summed E-state index contributed by atoms with van der Waals surface area (Å²) >= 11 is 15.3. The van der Waals surface area contributed by atoms with Gasteiger partial charge < -0.3 is 15.4 Å². The Hall–Kier alpha value is -2.80. The highest BCUT2D eigenvalue weighted by atomic mass is 79.9. The zero-order chi connectivity index (χ0) is 22.0. The van der Waals surface area contributed by atoms with Crippen molar-refractivity contribution in [2.24, 2.45) is 0 Å². The molecule has 5 nitrogen and oxygen atoms in total. The third-order valence-electron chi connectivity index (χ3n) is 4.54. The first-order valence-corrected chi connectivity index (χ1v) is 10.8. The average Bonchev–Trinajstić information content (AvgIpc) is 3.05. The van der Waals surface area contributed by atoms with Crippen molar-refractivity contribution in [1.29, 1.82) is 0 Å². The predicted molar refractivity (Wildman–Crippen MR) is 128 cm³/mol. The van der Waals surface area contributed by atoms with E-state index in [0.717, 1.165) is 15.7 Å². The number of carbonyl (C=O) groups excluding carboxylic acids is 2. The molecule has 31 heavy (non-hydrogen) atoms. The quantitative estimate of drug-likeness (QED) is 0.392. The van der Waals surface area contributed by atoms with Gasteiger partial charge in [-0.15, -0.1) is 0 Å². The number of ether oxygens (including phenoxy) is 1. The van der Waals surface area contributed by atoms with Gasteiger partial charge in [-0.3, -0.25) is 9.59 Å². The number of fused-ring (bicyclic) bond motifs is 1. The summed E-state index contributed by atoms with van der Waals surface area (Å²) in [6.45, 7) is -0.221. The molecule has 0 aliphatic carbocycles. The van der Waals surface area contributed by atoms with Crippen molar-refractivity contribution in [3.8, 4) is 5.75 Å². The monoisotopic (exact) mass is 516 g/mol. The van der Waals surface area contributed by atoms with E-state index in [1.54, 1.807) is 36.4 Å². The molecule has 3 aromatic rings. The zero-order valence-corrected chi connectivity index (χ0v) is 19.0. The van der Waals surface area contributed by atoms with Gasteiger partial charge in [0.2, 0.25) is 0 Å². The fraction of sp³-hybridized carbons (Fsp3) is 0.0435. The van der Waals surface area contributed by atoms with Crippen LogP contribution in [0.4, 0.5) is 11.4 Å². The van der Waals surface area contributed by atoms with Crippen LogP contribution in [0.5, 0.6) is 5.75 Å². The van der Waals surface area contributed by atoms with E-state index in [0.29, 0.717) is 32.6 Å². The Kier molecular flexibility index (Phi) is 6.32. The molecule has 0 fully saturated rings. The fourth-order valence-electron chi connectivity index (χ4n) is 3.12. The number of amides is 2. The molecule has 0 unspecified atom stereocenters. The molecule has 8 heteroatoms. The van der Waals surface area contributed by atoms with Crippen LogP contribution in [-0.2, 0) is 9.59 Å². The molecule has 2 N–H and O–H groups in total. The molecular weight excluding hydrogens is 503 g/mol. The zero-order valence-electron chi connectivity index (χ0n) is 15.9. The van der Waals surface area contributed by atoms with Gasteiger partial charge >= 0.3 is 0 Å². The van der Waals surface area contributed by atoms with E-state index in [1.165, 1.54) is 0 Å². The van der Waals surface area contributed by atoms with Gasteiger partial charge in [0.25, 0.3) is 11.8 Å². The number of benzene rings is 3. The van der Waals surface area contributed by atoms with E-state index in [-0.39, 0.29) is 18.4 Å². The van der Waals surface area contributed by atoms with Gasteiger partial charge in [0.15, 0.2) is 6.61 Å². The van der Waals surface area contributed by atoms with Crippen LogP contribution < -0.4 is 15.4 Å². The lowest BCUT2D eigenvalue weighted by Crippen LogP contribution is -2.20. The molecule has 0 saturated heterocycles. The van der Waals surface area contributed by atoms with Gasteiger partial charge in [0.05, 0.1) is 10.0 Å². The smallest absolute Gasteiger partial charge is 0.262 e. The molecule has 3 aromatic carbocycles. The molecule has 1 aliphatic heterocycles. The lowest BCUT2D eigenvalue weighted by molar-refractivity contribution is -0.118. The second-order valence-electron chi connectivity index (χ2n) is 6.71. The standard InChI is InChI=1S/C23H15BrCl2N2O3/c24-14-5-8-21(31-12-22(29)27-15-6-7-18(25)19(26)11-15)13(9-14)10-17-16-3-1-2-4-20(16)28-23(17)30/h1-11H,12H2,(H,27,29)(H,28,30)/b17-10-. The average molecular weight is 518 g/mol. The van der Waals surface area contributed by atoms with Crippen molar-refractivity contribution in [3.05, 3.63) is 86.3 Å². The van der Waals surface area contributed by atoms with Crippen LogP contribution >= 0.6 is 39.1 Å². The van der Waals surface area contributed by atoms with E-state index in [2.05, 4.69) is 26.6 Å². The molecule has 4 rings (SSSR count). The van der Waals surface area contributed by atoms with Crippen molar-refractivity contribution >= 4 is 74.0 Å². The van der Waals surface area contributed by atoms with Gasteiger partial charge in [-0.05, 0) is 48.5 Å². The van der Waals surface area contributed by atoms with Crippen molar-refractivity contribution in [2.75, 3.05) is 17.2 Å². The first kappa shape index (κ1) is 21.4. The van der Waals surface area contributed by atoms with Crippen LogP contribution in [0.2, 0.25) is 10.0 Å². The lowest BCUT2D eigenvalue weighted by Gasteiger charge is -2.11. The Balaban J connectivity index is 1.53. The number of rotatable bonds is 5. The van der Waals surface area contributed by atoms with Gasteiger partial charge in [-0.1, -0.05) is 57.3 Å². The Morgan fingerprint density at radius 3 is 2.68 bits per heavy atom. The number of halogens is 3. The molecule has 0 aromatic heterocycles. The molecular formula is C23H15BrCl2N2O3. The number of nitrogens with one attached hydrogen (secondary N) is 2. The van der Waals surface area contributed by atoms with Gasteiger partial charge in [-0.25, -0.2) is 0 Å². The highest BCUT2D eigenvalue weighted by molar-refractivity contribution is 9.10. The summed E-state index contributed by atoms with van der Waals surface area (Å²) in [6.07, 6.45) is 1.75. The molecule has 1 aliphatic rings. The summed E-state index contributed by atoms with van der Waals surface area (Å²) in [5.41, 5.74) is 3.28. The Labute approximate surface area is 197 Å². The molecule has 0 radical (unpaired) electrons. The van der Waals surface area contributed by atoms with E-state index >= 15 is 0 Å². The Morgan fingerprint density at radius 1 is 1.06 bits per heavy atom. The summed E-state index contributed by atoms with van der Waals surface area (Å²) in [7, 11) is 0. The highest BCUT2D eigenvalue weighted by Gasteiger charge is 2.24. The third-order valence-corrected chi connectivity index (χ3v) is 5.78. The maximum atomic E-state index is 12.4. The van der Waals surface area contributed by atoms with E-state index in [1.807, 2.05) is 30.3 Å².